The monoisotopic (exact) mass is 254 g/mol. The summed E-state index contributed by atoms with van der Waals surface area (Å²) in [5.74, 6) is 0.631. The summed E-state index contributed by atoms with van der Waals surface area (Å²) in [5.41, 5.74) is 1.22. The number of aryl methyl sites for hydroxylation is 1. The highest BCUT2D eigenvalue weighted by Crippen LogP contribution is 2.24. The van der Waals surface area contributed by atoms with Crippen LogP contribution in [0.3, 0.4) is 0 Å². The molecule has 3 nitrogen and oxygen atoms in total. The van der Waals surface area contributed by atoms with Gasteiger partial charge in [-0.25, -0.2) is 4.98 Å². The smallest absolute Gasteiger partial charge is 0.0897 e. The van der Waals surface area contributed by atoms with Crippen molar-refractivity contribution in [1.82, 2.24) is 10.3 Å². The molecule has 3 atom stereocenters. The fourth-order valence-electron chi connectivity index (χ4n) is 2.53. The van der Waals surface area contributed by atoms with Gasteiger partial charge in [0, 0.05) is 23.8 Å². The molecule has 0 saturated carbocycles. The van der Waals surface area contributed by atoms with E-state index >= 15 is 0 Å². The Kier molecular flexibility index (Phi) is 4.54. The van der Waals surface area contributed by atoms with Crippen LogP contribution in [0.25, 0.3) is 0 Å². The number of hydrogen-bond acceptors (Lipinski definition) is 4. The zero-order valence-corrected chi connectivity index (χ0v) is 11.7. The molecule has 1 saturated heterocycles. The number of likely N-dealkylation sites (N-methyl/N-ethyl adjacent to an activating group) is 1. The second-order valence-corrected chi connectivity index (χ2v) is 5.93. The molecule has 0 amide bonds. The van der Waals surface area contributed by atoms with Gasteiger partial charge in [-0.1, -0.05) is 6.92 Å². The van der Waals surface area contributed by atoms with Gasteiger partial charge in [0.25, 0.3) is 0 Å². The second kappa shape index (κ2) is 5.94. The summed E-state index contributed by atoms with van der Waals surface area (Å²) in [7, 11) is 0. The lowest BCUT2D eigenvalue weighted by molar-refractivity contribution is 0.117. The van der Waals surface area contributed by atoms with Crippen LogP contribution in [0.5, 0.6) is 0 Å². The van der Waals surface area contributed by atoms with E-state index in [2.05, 4.69) is 36.5 Å². The number of aromatic nitrogens is 1. The van der Waals surface area contributed by atoms with E-state index in [-0.39, 0.29) is 0 Å². The summed E-state index contributed by atoms with van der Waals surface area (Å²) in [6, 6.07) is 0.506. The van der Waals surface area contributed by atoms with Gasteiger partial charge in [-0.15, -0.1) is 11.3 Å². The Morgan fingerprint density at radius 3 is 3.00 bits per heavy atom. The topological polar surface area (TPSA) is 34.2 Å². The van der Waals surface area contributed by atoms with Crippen molar-refractivity contribution < 1.29 is 4.74 Å². The highest BCUT2D eigenvalue weighted by atomic mass is 32.1. The molecule has 4 heteroatoms. The Morgan fingerprint density at radius 2 is 2.47 bits per heavy atom. The standard InChI is InChI=1S/C13H22N2OS/c1-4-14-13(11-5-9(2)16-7-11)6-12-8-17-10(3)15-12/h8-9,11,13-14H,4-7H2,1-3H3. The molecule has 1 aliphatic heterocycles. The SMILES string of the molecule is CCNC(Cc1csc(C)n1)C1COC(C)C1. The fourth-order valence-corrected chi connectivity index (χ4v) is 3.15. The first-order valence-electron chi connectivity index (χ1n) is 6.45. The van der Waals surface area contributed by atoms with Gasteiger partial charge in [0.15, 0.2) is 0 Å². The van der Waals surface area contributed by atoms with Crippen molar-refractivity contribution in [2.24, 2.45) is 5.92 Å². The zero-order chi connectivity index (χ0) is 12.3. The average Bonchev–Trinajstić information content (AvgIpc) is 2.87. The fraction of sp³-hybridized carbons (Fsp3) is 0.769. The van der Waals surface area contributed by atoms with E-state index < -0.39 is 0 Å². The van der Waals surface area contributed by atoms with Crippen molar-refractivity contribution in [1.29, 1.82) is 0 Å². The molecule has 17 heavy (non-hydrogen) atoms. The van der Waals surface area contributed by atoms with Gasteiger partial charge in [0.1, 0.15) is 0 Å². The number of ether oxygens (including phenoxy) is 1. The molecular formula is C13H22N2OS. The van der Waals surface area contributed by atoms with Crippen LogP contribution in [0.2, 0.25) is 0 Å². The van der Waals surface area contributed by atoms with Crippen LogP contribution in [0.1, 0.15) is 31.0 Å². The minimum Gasteiger partial charge on any atom is -0.378 e. The lowest BCUT2D eigenvalue weighted by Gasteiger charge is -2.22. The maximum Gasteiger partial charge on any atom is 0.0897 e. The van der Waals surface area contributed by atoms with Crippen molar-refractivity contribution in [2.75, 3.05) is 13.2 Å². The van der Waals surface area contributed by atoms with Gasteiger partial charge in [-0.2, -0.15) is 0 Å². The lowest BCUT2D eigenvalue weighted by Crippen LogP contribution is -2.38. The second-order valence-electron chi connectivity index (χ2n) is 4.87. The van der Waals surface area contributed by atoms with Crippen LogP contribution in [0.4, 0.5) is 0 Å². The summed E-state index contributed by atoms with van der Waals surface area (Å²) < 4.78 is 5.68. The Bertz CT molecular complexity index is 353. The van der Waals surface area contributed by atoms with Crippen molar-refractivity contribution in [2.45, 2.75) is 45.8 Å². The Labute approximate surface area is 108 Å². The largest absolute Gasteiger partial charge is 0.378 e. The van der Waals surface area contributed by atoms with E-state index in [9.17, 15) is 0 Å². The maximum atomic E-state index is 5.68. The first-order chi connectivity index (χ1) is 8.19. The first-order valence-corrected chi connectivity index (χ1v) is 7.33. The van der Waals surface area contributed by atoms with Crippen molar-refractivity contribution in [3.63, 3.8) is 0 Å². The number of nitrogens with one attached hydrogen (secondary N) is 1. The van der Waals surface area contributed by atoms with Crippen LogP contribution in [0, 0.1) is 12.8 Å². The van der Waals surface area contributed by atoms with E-state index in [1.807, 2.05) is 0 Å². The van der Waals surface area contributed by atoms with E-state index in [4.69, 9.17) is 4.74 Å². The molecule has 1 aliphatic rings. The molecular weight excluding hydrogens is 232 g/mol. The summed E-state index contributed by atoms with van der Waals surface area (Å²) in [6.07, 6.45) is 2.61. The highest BCUT2D eigenvalue weighted by molar-refractivity contribution is 7.09. The van der Waals surface area contributed by atoms with Crippen LogP contribution in [-0.2, 0) is 11.2 Å². The number of rotatable bonds is 5. The van der Waals surface area contributed by atoms with Crippen LogP contribution in [-0.4, -0.2) is 30.3 Å². The minimum atomic E-state index is 0.415. The number of nitrogens with zero attached hydrogens (tertiary/aromatic N) is 1. The van der Waals surface area contributed by atoms with Gasteiger partial charge < -0.3 is 10.1 Å². The van der Waals surface area contributed by atoms with Crippen LogP contribution >= 0.6 is 11.3 Å². The highest BCUT2D eigenvalue weighted by Gasteiger charge is 2.29. The van der Waals surface area contributed by atoms with Crippen LogP contribution < -0.4 is 5.32 Å². The minimum absolute atomic E-state index is 0.415. The van der Waals surface area contributed by atoms with Gasteiger partial charge in [0.05, 0.1) is 23.4 Å². The van der Waals surface area contributed by atoms with E-state index in [0.717, 1.165) is 24.6 Å². The van der Waals surface area contributed by atoms with Crippen LogP contribution in [0.15, 0.2) is 5.38 Å². The van der Waals surface area contributed by atoms with Crippen molar-refractivity contribution in [3.05, 3.63) is 16.1 Å². The Balaban J connectivity index is 1.97. The molecule has 1 aromatic rings. The maximum absolute atomic E-state index is 5.68. The molecule has 1 aromatic heterocycles. The lowest BCUT2D eigenvalue weighted by atomic mass is 9.93. The molecule has 96 valence electrons. The molecule has 0 radical (unpaired) electrons. The van der Waals surface area contributed by atoms with Crippen molar-refractivity contribution in [3.8, 4) is 0 Å². The van der Waals surface area contributed by atoms with Gasteiger partial charge in [-0.05, 0) is 26.8 Å². The molecule has 2 heterocycles. The third kappa shape index (κ3) is 3.50. The summed E-state index contributed by atoms with van der Waals surface area (Å²) in [5, 5.41) is 6.93. The quantitative estimate of drug-likeness (QED) is 0.876. The summed E-state index contributed by atoms with van der Waals surface area (Å²) in [6.45, 7) is 8.30. The zero-order valence-electron chi connectivity index (χ0n) is 10.9. The van der Waals surface area contributed by atoms with Gasteiger partial charge >= 0.3 is 0 Å². The molecule has 1 fully saturated rings. The summed E-state index contributed by atoms with van der Waals surface area (Å²) >= 11 is 1.74. The van der Waals surface area contributed by atoms with Crippen molar-refractivity contribution >= 4 is 11.3 Å². The molecule has 0 aliphatic carbocycles. The van der Waals surface area contributed by atoms with E-state index in [1.54, 1.807) is 11.3 Å². The van der Waals surface area contributed by atoms with Gasteiger partial charge in [0.2, 0.25) is 0 Å². The average molecular weight is 254 g/mol. The molecule has 1 N–H and O–H groups in total. The third-order valence-corrected chi connectivity index (χ3v) is 4.18. The van der Waals surface area contributed by atoms with Gasteiger partial charge in [-0.3, -0.25) is 0 Å². The van der Waals surface area contributed by atoms with E-state index in [0.29, 0.717) is 18.1 Å². The molecule has 0 spiro atoms. The predicted molar refractivity (Wildman–Crippen MR) is 71.5 cm³/mol. The first kappa shape index (κ1) is 13.0. The molecule has 0 aromatic carbocycles. The number of thiazole rings is 1. The molecule has 0 bridgehead atoms. The molecule has 3 unspecified atom stereocenters. The third-order valence-electron chi connectivity index (χ3n) is 3.36. The normalized spacial score (nSPS) is 26.3. The Hall–Kier alpha value is -0.450. The van der Waals surface area contributed by atoms with E-state index in [1.165, 1.54) is 12.1 Å². The molecule has 2 rings (SSSR count). The Morgan fingerprint density at radius 1 is 1.65 bits per heavy atom. The predicted octanol–water partition coefficient (Wildman–Crippen LogP) is 2.40. The number of hydrogen-bond donors (Lipinski definition) is 1. The summed E-state index contributed by atoms with van der Waals surface area (Å²) in [4.78, 5) is 4.56.